The summed E-state index contributed by atoms with van der Waals surface area (Å²) in [5, 5.41) is 0. The van der Waals surface area contributed by atoms with Gasteiger partial charge >= 0.3 is 0 Å². The molecular weight excluding hydrogens is 230 g/mol. The first-order valence-corrected chi connectivity index (χ1v) is 6.11. The lowest BCUT2D eigenvalue weighted by molar-refractivity contribution is -0.114. The Morgan fingerprint density at radius 1 is 1.22 bits per heavy atom. The number of hydrogen-bond donors (Lipinski definition) is 0. The molecule has 1 heterocycles. The smallest absolute Gasteiger partial charge is 0.299 e. The second kappa shape index (κ2) is 5.31. The topological polar surface area (TPSA) is 46.6 Å². The third-order valence-electron chi connectivity index (χ3n) is 3.11. The maximum absolute atomic E-state index is 11.9. The van der Waals surface area contributed by atoms with Crippen LogP contribution in [0.5, 0.6) is 0 Å². The Kier molecular flexibility index (Phi) is 3.77. The Labute approximate surface area is 107 Å². The van der Waals surface area contributed by atoms with Crippen LogP contribution in [0.2, 0.25) is 0 Å². The van der Waals surface area contributed by atoms with Crippen LogP contribution in [0.15, 0.2) is 18.2 Å². The molecule has 0 spiro atoms. The van der Waals surface area contributed by atoms with Crippen molar-refractivity contribution in [2.75, 3.05) is 25.2 Å². The quantitative estimate of drug-likeness (QED) is 0.590. The Morgan fingerprint density at radius 3 is 2.72 bits per heavy atom. The minimum absolute atomic E-state index is 0.388. The molecule has 1 amide bonds. The number of unbranched alkanes of at least 4 members (excludes halogenated alkanes) is 1. The number of carbonyl (C=O) groups is 2. The third-order valence-corrected chi connectivity index (χ3v) is 3.11. The van der Waals surface area contributed by atoms with Gasteiger partial charge in [-0.1, -0.05) is 11.6 Å². The lowest BCUT2D eigenvalue weighted by Gasteiger charge is -2.16. The van der Waals surface area contributed by atoms with E-state index in [1.165, 1.54) is 0 Å². The summed E-state index contributed by atoms with van der Waals surface area (Å²) in [6.45, 7) is 3.17. The fourth-order valence-corrected chi connectivity index (χ4v) is 2.15. The first kappa shape index (κ1) is 12.8. The molecule has 0 aliphatic carbocycles. The first-order chi connectivity index (χ1) is 8.65. The molecule has 18 heavy (non-hydrogen) atoms. The minimum Gasteiger partial charge on any atom is -0.385 e. The highest BCUT2D eigenvalue weighted by atomic mass is 16.5. The molecule has 0 radical (unpaired) electrons. The van der Waals surface area contributed by atoms with Gasteiger partial charge in [0.15, 0.2) is 0 Å². The molecule has 0 unspecified atom stereocenters. The predicted octanol–water partition coefficient (Wildman–Crippen LogP) is 1.95. The lowest BCUT2D eigenvalue weighted by Crippen LogP contribution is -2.30. The van der Waals surface area contributed by atoms with Crippen molar-refractivity contribution in [3.05, 3.63) is 29.3 Å². The van der Waals surface area contributed by atoms with Crippen molar-refractivity contribution in [2.45, 2.75) is 19.8 Å². The summed E-state index contributed by atoms with van der Waals surface area (Å²) in [7, 11) is 1.66. The van der Waals surface area contributed by atoms with E-state index in [0.29, 0.717) is 18.7 Å². The van der Waals surface area contributed by atoms with Crippen LogP contribution < -0.4 is 4.90 Å². The first-order valence-electron chi connectivity index (χ1n) is 6.11. The van der Waals surface area contributed by atoms with E-state index in [-0.39, 0.29) is 5.78 Å². The third kappa shape index (κ3) is 2.29. The van der Waals surface area contributed by atoms with Gasteiger partial charge in [0.2, 0.25) is 0 Å². The molecule has 1 aromatic rings. The minimum atomic E-state index is -0.409. The van der Waals surface area contributed by atoms with Crippen LogP contribution in [-0.2, 0) is 9.53 Å². The van der Waals surface area contributed by atoms with Gasteiger partial charge in [-0.25, -0.2) is 0 Å². The van der Waals surface area contributed by atoms with Crippen molar-refractivity contribution in [3.63, 3.8) is 0 Å². The number of ketones is 1. The largest absolute Gasteiger partial charge is 0.385 e. The van der Waals surface area contributed by atoms with Gasteiger partial charge in [0.25, 0.3) is 11.7 Å². The Hall–Kier alpha value is -1.68. The summed E-state index contributed by atoms with van der Waals surface area (Å²) in [6.07, 6.45) is 1.72. The molecule has 0 fully saturated rings. The number of Topliss-reactive ketones (excluding diaryl/α,β-unsaturated/α-hetero) is 1. The highest BCUT2D eigenvalue weighted by Gasteiger charge is 2.35. The van der Waals surface area contributed by atoms with E-state index in [1.54, 1.807) is 18.1 Å². The maximum Gasteiger partial charge on any atom is 0.299 e. The van der Waals surface area contributed by atoms with E-state index in [0.717, 1.165) is 24.1 Å². The molecule has 96 valence electrons. The molecule has 4 heteroatoms. The fourth-order valence-electron chi connectivity index (χ4n) is 2.15. The number of methoxy groups -OCH3 is 1. The molecule has 1 aliphatic rings. The monoisotopic (exact) mass is 247 g/mol. The van der Waals surface area contributed by atoms with Crippen molar-refractivity contribution in [1.82, 2.24) is 0 Å². The SMILES string of the molecule is COCCCCN1C(=O)C(=O)c2cc(C)ccc21. The summed E-state index contributed by atoms with van der Waals surface area (Å²) in [5.74, 6) is -0.798. The number of fused-ring (bicyclic) bond motifs is 1. The molecule has 1 aliphatic heterocycles. The van der Waals surface area contributed by atoms with Crippen molar-refractivity contribution in [2.24, 2.45) is 0 Å². The van der Waals surface area contributed by atoms with E-state index < -0.39 is 5.91 Å². The zero-order valence-electron chi connectivity index (χ0n) is 10.7. The number of hydrogen-bond acceptors (Lipinski definition) is 3. The normalized spacial score (nSPS) is 14.2. The van der Waals surface area contributed by atoms with Crippen molar-refractivity contribution in [3.8, 4) is 0 Å². The van der Waals surface area contributed by atoms with Crippen LogP contribution in [-0.4, -0.2) is 32.0 Å². The molecule has 0 N–H and O–H groups in total. The number of anilines is 1. The van der Waals surface area contributed by atoms with Crippen molar-refractivity contribution in [1.29, 1.82) is 0 Å². The molecule has 0 aromatic heterocycles. The highest BCUT2D eigenvalue weighted by molar-refractivity contribution is 6.52. The Bertz CT molecular complexity index is 482. The number of ether oxygens (including phenoxy) is 1. The van der Waals surface area contributed by atoms with Gasteiger partial charge in [-0.15, -0.1) is 0 Å². The predicted molar refractivity (Wildman–Crippen MR) is 69.0 cm³/mol. The molecule has 0 bridgehead atoms. The van der Waals surface area contributed by atoms with Crippen LogP contribution >= 0.6 is 0 Å². The second-order valence-electron chi connectivity index (χ2n) is 4.51. The van der Waals surface area contributed by atoms with Crippen LogP contribution in [0, 0.1) is 6.92 Å². The fraction of sp³-hybridized carbons (Fsp3) is 0.429. The summed E-state index contributed by atoms with van der Waals surface area (Å²) < 4.78 is 4.97. The van der Waals surface area contributed by atoms with Gasteiger partial charge in [0.1, 0.15) is 0 Å². The standard InChI is InChI=1S/C14H17NO3/c1-10-5-6-12-11(9-10)13(16)14(17)15(12)7-3-4-8-18-2/h5-6,9H,3-4,7-8H2,1-2H3. The summed E-state index contributed by atoms with van der Waals surface area (Å²) in [5.41, 5.74) is 2.27. The lowest BCUT2D eigenvalue weighted by atomic mass is 10.1. The van der Waals surface area contributed by atoms with Gasteiger partial charge in [0, 0.05) is 20.3 Å². The second-order valence-corrected chi connectivity index (χ2v) is 4.51. The van der Waals surface area contributed by atoms with Gasteiger partial charge in [-0.05, 0) is 31.9 Å². The molecule has 0 saturated heterocycles. The van der Waals surface area contributed by atoms with E-state index in [2.05, 4.69) is 0 Å². The molecule has 4 nitrogen and oxygen atoms in total. The summed E-state index contributed by atoms with van der Waals surface area (Å²) in [6, 6.07) is 5.56. The highest BCUT2D eigenvalue weighted by Crippen LogP contribution is 2.29. The van der Waals surface area contributed by atoms with Gasteiger partial charge in [-0.3, -0.25) is 9.59 Å². The zero-order chi connectivity index (χ0) is 13.1. The number of benzene rings is 1. The summed E-state index contributed by atoms with van der Waals surface area (Å²) >= 11 is 0. The number of rotatable bonds is 5. The van der Waals surface area contributed by atoms with Crippen LogP contribution in [0.3, 0.4) is 0 Å². The number of aryl methyl sites for hydroxylation is 1. The number of nitrogens with zero attached hydrogens (tertiary/aromatic N) is 1. The molecule has 1 aromatic carbocycles. The van der Waals surface area contributed by atoms with E-state index >= 15 is 0 Å². The number of carbonyl (C=O) groups excluding carboxylic acids is 2. The maximum atomic E-state index is 11.9. The Morgan fingerprint density at radius 2 is 2.00 bits per heavy atom. The average molecular weight is 247 g/mol. The van der Waals surface area contributed by atoms with E-state index in [1.807, 2.05) is 19.1 Å². The van der Waals surface area contributed by atoms with Gasteiger partial charge in [0.05, 0.1) is 11.3 Å². The van der Waals surface area contributed by atoms with Gasteiger partial charge < -0.3 is 9.64 Å². The zero-order valence-corrected chi connectivity index (χ0v) is 10.7. The van der Waals surface area contributed by atoms with Crippen LogP contribution in [0.1, 0.15) is 28.8 Å². The van der Waals surface area contributed by atoms with Crippen LogP contribution in [0.4, 0.5) is 5.69 Å². The molecule has 0 atom stereocenters. The average Bonchev–Trinajstić information content (AvgIpc) is 2.59. The van der Waals surface area contributed by atoms with Crippen molar-refractivity contribution < 1.29 is 14.3 Å². The van der Waals surface area contributed by atoms with E-state index in [4.69, 9.17) is 4.74 Å². The van der Waals surface area contributed by atoms with Gasteiger partial charge in [-0.2, -0.15) is 0 Å². The Balaban J connectivity index is 2.13. The van der Waals surface area contributed by atoms with Crippen LogP contribution in [0.25, 0.3) is 0 Å². The number of amides is 1. The molecule has 2 rings (SSSR count). The molecule has 0 saturated carbocycles. The molecular formula is C14H17NO3. The van der Waals surface area contributed by atoms with E-state index in [9.17, 15) is 9.59 Å². The summed E-state index contributed by atoms with van der Waals surface area (Å²) in [4.78, 5) is 25.3. The van der Waals surface area contributed by atoms with Crippen molar-refractivity contribution >= 4 is 17.4 Å².